The Labute approximate surface area is 66.9 Å². The molecule has 11 heavy (non-hydrogen) atoms. The first-order valence-corrected chi connectivity index (χ1v) is 4.02. The van der Waals surface area contributed by atoms with E-state index in [-0.39, 0.29) is 0 Å². The maximum absolute atomic E-state index is 8.44. The van der Waals surface area contributed by atoms with Crippen molar-refractivity contribution in [1.82, 2.24) is 0 Å². The van der Waals surface area contributed by atoms with Gasteiger partial charge in [0.1, 0.15) is 0 Å². The first-order chi connectivity index (χ1) is 5.38. The van der Waals surface area contributed by atoms with Gasteiger partial charge in [0.05, 0.1) is 18.2 Å². The first-order valence-electron chi connectivity index (χ1n) is 4.02. The summed E-state index contributed by atoms with van der Waals surface area (Å²) < 4.78 is 0. The van der Waals surface area contributed by atoms with Crippen LogP contribution in [0.25, 0.3) is 0 Å². The monoisotopic (exact) mass is 151 g/mol. The topological polar surface area (TPSA) is 62.2 Å². The smallest absolute Gasteiger partial charge is 0.0755 e. The Kier molecular flexibility index (Phi) is 2.91. The molecule has 0 aliphatic heterocycles. The maximum atomic E-state index is 8.44. The number of nitriles is 1. The van der Waals surface area contributed by atoms with Crippen molar-refractivity contribution in [1.29, 1.82) is 5.26 Å². The highest BCUT2D eigenvalue weighted by molar-refractivity contribution is 5.88. The SMILES string of the molecule is N#CCC(=NN)C1CCCC1. The molecule has 1 aliphatic rings. The van der Waals surface area contributed by atoms with Gasteiger partial charge in [-0.15, -0.1) is 0 Å². The summed E-state index contributed by atoms with van der Waals surface area (Å²) in [6.45, 7) is 0. The summed E-state index contributed by atoms with van der Waals surface area (Å²) in [5.74, 6) is 5.68. The molecule has 2 N–H and O–H groups in total. The van der Waals surface area contributed by atoms with Gasteiger partial charge in [-0.3, -0.25) is 0 Å². The van der Waals surface area contributed by atoms with E-state index < -0.39 is 0 Å². The lowest BCUT2D eigenvalue weighted by atomic mass is 10.00. The molecule has 0 atom stereocenters. The predicted molar refractivity (Wildman–Crippen MR) is 43.8 cm³/mol. The van der Waals surface area contributed by atoms with Crippen molar-refractivity contribution in [2.45, 2.75) is 32.1 Å². The number of nitrogens with two attached hydrogens (primary N) is 1. The average molecular weight is 151 g/mol. The number of hydrogen-bond donors (Lipinski definition) is 1. The Morgan fingerprint density at radius 3 is 2.64 bits per heavy atom. The van der Waals surface area contributed by atoms with Gasteiger partial charge in [0.15, 0.2) is 0 Å². The lowest BCUT2D eigenvalue weighted by Crippen LogP contribution is -2.12. The van der Waals surface area contributed by atoms with Gasteiger partial charge in [-0.1, -0.05) is 12.8 Å². The summed E-state index contributed by atoms with van der Waals surface area (Å²) in [6, 6.07) is 2.08. The van der Waals surface area contributed by atoms with E-state index in [1.165, 1.54) is 12.8 Å². The molecule has 0 aromatic rings. The van der Waals surface area contributed by atoms with E-state index in [4.69, 9.17) is 11.1 Å². The minimum atomic E-state index is 0.404. The van der Waals surface area contributed by atoms with E-state index in [2.05, 4.69) is 11.2 Å². The Bertz CT molecular complexity index is 184. The Morgan fingerprint density at radius 2 is 2.18 bits per heavy atom. The molecule has 1 rings (SSSR count). The van der Waals surface area contributed by atoms with E-state index in [0.717, 1.165) is 18.6 Å². The maximum Gasteiger partial charge on any atom is 0.0755 e. The molecule has 3 heteroatoms. The minimum Gasteiger partial charge on any atom is -0.323 e. The number of hydrogen-bond acceptors (Lipinski definition) is 3. The second kappa shape index (κ2) is 3.97. The van der Waals surface area contributed by atoms with Gasteiger partial charge in [-0.25, -0.2) is 0 Å². The standard InChI is InChI=1S/C8H13N3/c9-6-5-8(11-10)7-3-1-2-4-7/h7H,1-5,10H2. The fourth-order valence-electron chi connectivity index (χ4n) is 1.64. The largest absolute Gasteiger partial charge is 0.323 e. The molecular weight excluding hydrogens is 138 g/mol. The molecule has 0 amide bonds. The summed E-state index contributed by atoms with van der Waals surface area (Å²) in [7, 11) is 0. The Balaban J connectivity index is 2.49. The second-order valence-corrected chi connectivity index (χ2v) is 2.94. The van der Waals surface area contributed by atoms with Crippen LogP contribution in [0.2, 0.25) is 0 Å². The predicted octanol–water partition coefficient (Wildman–Crippen LogP) is 1.40. The Morgan fingerprint density at radius 1 is 1.55 bits per heavy atom. The third kappa shape index (κ3) is 1.94. The molecular formula is C8H13N3. The third-order valence-electron chi connectivity index (χ3n) is 2.25. The van der Waals surface area contributed by atoms with E-state index >= 15 is 0 Å². The van der Waals surface area contributed by atoms with Gasteiger partial charge in [-0.05, 0) is 12.8 Å². The van der Waals surface area contributed by atoms with Crippen molar-refractivity contribution in [3.63, 3.8) is 0 Å². The van der Waals surface area contributed by atoms with Crippen LogP contribution in [0.5, 0.6) is 0 Å². The number of rotatable bonds is 2. The van der Waals surface area contributed by atoms with E-state index in [9.17, 15) is 0 Å². The fourth-order valence-corrected chi connectivity index (χ4v) is 1.64. The zero-order valence-electron chi connectivity index (χ0n) is 6.58. The van der Waals surface area contributed by atoms with Gasteiger partial charge in [0.25, 0.3) is 0 Å². The van der Waals surface area contributed by atoms with Crippen LogP contribution < -0.4 is 5.84 Å². The van der Waals surface area contributed by atoms with Crippen LogP contribution in [0.4, 0.5) is 0 Å². The molecule has 0 unspecified atom stereocenters. The normalized spacial score (nSPS) is 20.1. The molecule has 0 spiro atoms. The summed E-state index contributed by atoms with van der Waals surface area (Å²) in [4.78, 5) is 0. The fraction of sp³-hybridized carbons (Fsp3) is 0.750. The summed E-state index contributed by atoms with van der Waals surface area (Å²) in [5.41, 5.74) is 0.894. The summed E-state index contributed by atoms with van der Waals surface area (Å²) in [6.07, 6.45) is 5.25. The van der Waals surface area contributed by atoms with Crippen molar-refractivity contribution < 1.29 is 0 Å². The molecule has 1 fully saturated rings. The molecule has 3 nitrogen and oxygen atoms in total. The lowest BCUT2D eigenvalue weighted by Gasteiger charge is -2.07. The van der Waals surface area contributed by atoms with Gasteiger partial charge in [-0.2, -0.15) is 10.4 Å². The average Bonchev–Trinajstić information content (AvgIpc) is 2.52. The lowest BCUT2D eigenvalue weighted by molar-refractivity contribution is 0.715. The van der Waals surface area contributed by atoms with Crippen molar-refractivity contribution >= 4 is 5.71 Å². The molecule has 1 saturated carbocycles. The molecule has 0 heterocycles. The van der Waals surface area contributed by atoms with Gasteiger partial charge >= 0.3 is 0 Å². The molecule has 0 aromatic heterocycles. The first kappa shape index (κ1) is 8.06. The summed E-state index contributed by atoms with van der Waals surface area (Å²) >= 11 is 0. The molecule has 1 aliphatic carbocycles. The summed E-state index contributed by atoms with van der Waals surface area (Å²) in [5, 5.41) is 12.1. The number of nitrogens with zero attached hydrogens (tertiary/aromatic N) is 2. The van der Waals surface area contributed by atoms with Crippen molar-refractivity contribution in [3.8, 4) is 6.07 Å². The van der Waals surface area contributed by atoms with E-state index in [1.807, 2.05) is 0 Å². The van der Waals surface area contributed by atoms with Crippen LogP contribution >= 0.6 is 0 Å². The van der Waals surface area contributed by atoms with Crippen molar-refractivity contribution in [3.05, 3.63) is 0 Å². The van der Waals surface area contributed by atoms with Gasteiger partial charge in [0.2, 0.25) is 0 Å². The van der Waals surface area contributed by atoms with Crippen LogP contribution in [0.1, 0.15) is 32.1 Å². The minimum absolute atomic E-state index is 0.404. The molecule has 0 saturated heterocycles. The van der Waals surface area contributed by atoms with Crippen LogP contribution in [0, 0.1) is 17.2 Å². The number of hydrazone groups is 1. The molecule has 0 bridgehead atoms. The molecule has 0 aromatic carbocycles. The van der Waals surface area contributed by atoms with Crippen LogP contribution in [-0.2, 0) is 0 Å². The van der Waals surface area contributed by atoms with Crippen LogP contribution in [-0.4, -0.2) is 5.71 Å². The Hall–Kier alpha value is -1.04. The van der Waals surface area contributed by atoms with Crippen LogP contribution in [0.3, 0.4) is 0 Å². The van der Waals surface area contributed by atoms with Gasteiger partial charge in [0, 0.05) is 5.92 Å². The second-order valence-electron chi connectivity index (χ2n) is 2.94. The van der Waals surface area contributed by atoms with Crippen LogP contribution in [0.15, 0.2) is 5.10 Å². The highest BCUT2D eigenvalue weighted by Gasteiger charge is 2.20. The zero-order chi connectivity index (χ0) is 8.10. The molecule has 60 valence electrons. The van der Waals surface area contributed by atoms with E-state index in [0.29, 0.717) is 12.3 Å². The molecule has 0 radical (unpaired) electrons. The zero-order valence-corrected chi connectivity index (χ0v) is 6.58. The highest BCUT2D eigenvalue weighted by atomic mass is 15.1. The van der Waals surface area contributed by atoms with E-state index in [1.54, 1.807) is 0 Å². The van der Waals surface area contributed by atoms with Crippen molar-refractivity contribution in [2.24, 2.45) is 16.9 Å². The third-order valence-corrected chi connectivity index (χ3v) is 2.25. The van der Waals surface area contributed by atoms with Gasteiger partial charge < -0.3 is 5.84 Å². The van der Waals surface area contributed by atoms with Crippen molar-refractivity contribution in [2.75, 3.05) is 0 Å². The quantitative estimate of drug-likeness (QED) is 0.368. The highest BCUT2D eigenvalue weighted by Crippen LogP contribution is 2.26.